The van der Waals surface area contributed by atoms with Gasteiger partial charge in [0.2, 0.25) is 0 Å². The third kappa shape index (κ3) is 4.46. The molecule has 0 aliphatic carbocycles. The van der Waals surface area contributed by atoms with E-state index in [1.165, 1.54) is 12.0 Å². The topological polar surface area (TPSA) is 67.9 Å². The molecule has 0 saturated heterocycles. The fourth-order valence-corrected chi connectivity index (χ4v) is 3.75. The van der Waals surface area contributed by atoms with E-state index in [-0.39, 0.29) is 11.8 Å². The smallest absolute Gasteiger partial charge is 0.282 e. The SMILES string of the molecule is COc1ccc(C)cc1N1C(=O)C(Nc2ccc(OC(C)C)cc2)=C(c2ccccc2)C1=O. The molecule has 1 heterocycles. The first-order chi connectivity index (χ1) is 15.9. The van der Waals surface area contributed by atoms with Gasteiger partial charge in [-0.2, -0.15) is 0 Å². The summed E-state index contributed by atoms with van der Waals surface area (Å²) in [6.45, 7) is 5.82. The number of nitrogens with one attached hydrogen (secondary N) is 1. The second kappa shape index (κ2) is 9.20. The van der Waals surface area contributed by atoms with Gasteiger partial charge in [0.05, 0.1) is 24.5 Å². The highest BCUT2D eigenvalue weighted by atomic mass is 16.5. The van der Waals surface area contributed by atoms with Crippen molar-refractivity contribution < 1.29 is 19.1 Å². The van der Waals surface area contributed by atoms with Gasteiger partial charge in [-0.1, -0.05) is 36.4 Å². The number of benzene rings is 3. The molecule has 3 aromatic carbocycles. The van der Waals surface area contributed by atoms with Gasteiger partial charge in [0.1, 0.15) is 17.2 Å². The van der Waals surface area contributed by atoms with Crippen LogP contribution in [0.2, 0.25) is 0 Å². The summed E-state index contributed by atoms with van der Waals surface area (Å²) in [5, 5.41) is 3.17. The molecule has 0 unspecified atom stereocenters. The van der Waals surface area contributed by atoms with E-state index in [0.29, 0.717) is 28.3 Å². The molecule has 0 saturated carbocycles. The number of nitrogens with zero attached hydrogens (tertiary/aromatic N) is 1. The summed E-state index contributed by atoms with van der Waals surface area (Å²) in [6, 6.07) is 21.9. The maximum Gasteiger partial charge on any atom is 0.282 e. The monoisotopic (exact) mass is 442 g/mol. The highest BCUT2D eigenvalue weighted by molar-refractivity contribution is 6.46. The first-order valence-electron chi connectivity index (χ1n) is 10.8. The van der Waals surface area contributed by atoms with Gasteiger partial charge < -0.3 is 14.8 Å². The number of ether oxygens (including phenoxy) is 2. The molecule has 0 spiro atoms. The van der Waals surface area contributed by atoms with Crippen molar-refractivity contribution in [1.82, 2.24) is 0 Å². The molecule has 3 aromatic rings. The average Bonchev–Trinajstić information content (AvgIpc) is 3.04. The molecule has 168 valence electrons. The lowest BCUT2D eigenvalue weighted by molar-refractivity contribution is -0.120. The van der Waals surface area contributed by atoms with Crippen molar-refractivity contribution in [3.05, 3.63) is 89.6 Å². The largest absolute Gasteiger partial charge is 0.495 e. The van der Waals surface area contributed by atoms with E-state index in [1.54, 1.807) is 12.1 Å². The number of rotatable bonds is 7. The zero-order valence-corrected chi connectivity index (χ0v) is 19.1. The zero-order chi connectivity index (χ0) is 23.5. The van der Waals surface area contributed by atoms with Crippen LogP contribution in [0.1, 0.15) is 25.0 Å². The second-order valence-electron chi connectivity index (χ2n) is 8.05. The minimum Gasteiger partial charge on any atom is -0.495 e. The van der Waals surface area contributed by atoms with E-state index in [4.69, 9.17) is 9.47 Å². The first kappa shape index (κ1) is 22.1. The highest BCUT2D eigenvalue weighted by Gasteiger charge is 2.41. The van der Waals surface area contributed by atoms with Crippen LogP contribution in [0.4, 0.5) is 11.4 Å². The van der Waals surface area contributed by atoms with Crippen LogP contribution in [-0.4, -0.2) is 25.0 Å². The summed E-state index contributed by atoms with van der Waals surface area (Å²) in [5.41, 5.74) is 3.19. The number of amides is 2. The van der Waals surface area contributed by atoms with E-state index < -0.39 is 11.8 Å². The van der Waals surface area contributed by atoms with Crippen LogP contribution in [0.25, 0.3) is 5.57 Å². The average molecular weight is 443 g/mol. The van der Waals surface area contributed by atoms with Crippen molar-refractivity contribution in [2.45, 2.75) is 26.9 Å². The normalized spacial score (nSPS) is 13.7. The molecule has 0 atom stereocenters. The van der Waals surface area contributed by atoms with Crippen molar-refractivity contribution in [2.75, 3.05) is 17.3 Å². The molecule has 6 nitrogen and oxygen atoms in total. The number of imide groups is 1. The Bertz CT molecular complexity index is 1210. The summed E-state index contributed by atoms with van der Waals surface area (Å²) in [6.07, 6.45) is 0.0584. The van der Waals surface area contributed by atoms with Crippen molar-refractivity contribution >= 4 is 28.8 Å². The molecule has 0 aromatic heterocycles. The number of carbonyl (C=O) groups excluding carboxylic acids is 2. The summed E-state index contributed by atoms with van der Waals surface area (Å²) < 4.78 is 11.1. The van der Waals surface area contributed by atoms with E-state index in [1.807, 2.05) is 81.4 Å². The van der Waals surface area contributed by atoms with Gasteiger partial charge in [0.25, 0.3) is 11.8 Å². The number of carbonyl (C=O) groups is 2. The van der Waals surface area contributed by atoms with E-state index in [2.05, 4.69) is 5.32 Å². The Morgan fingerprint density at radius 1 is 0.879 bits per heavy atom. The Hall–Kier alpha value is -4.06. The van der Waals surface area contributed by atoms with Gasteiger partial charge in [-0.15, -0.1) is 0 Å². The molecular formula is C27H26N2O4. The Balaban J connectivity index is 1.76. The fraction of sp³-hybridized carbons (Fsp3) is 0.185. The molecule has 0 bridgehead atoms. The summed E-state index contributed by atoms with van der Waals surface area (Å²) >= 11 is 0. The molecule has 1 aliphatic rings. The predicted molar refractivity (Wildman–Crippen MR) is 129 cm³/mol. The van der Waals surface area contributed by atoms with Crippen LogP contribution in [0.15, 0.2) is 78.5 Å². The third-order valence-electron chi connectivity index (χ3n) is 5.22. The Labute approximate surface area is 193 Å². The first-order valence-corrected chi connectivity index (χ1v) is 10.8. The molecule has 2 amide bonds. The lowest BCUT2D eigenvalue weighted by atomic mass is 10.0. The second-order valence-corrected chi connectivity index (χ2v) is 8.05. The molecule has 1 aliphatic heterocycles. The summed E-state index contributed by atoms with van der Waals surface area (Å²) in [7, 11) is 1.52. The van der Waals surface area contributed by atoms with E-state index in [9.17, 15) is 9.59 Å². The number of aryl methyl sites for hydroxylation is 1. The molecule has 6 heteroatoms. The summed E-state index contributed by atoms with van der Waals surface area (Å²) in [4.78, 5) is 28.4. The van der Waals surface area contributed by atoms with Crippen LogP contribution in [0.3, 0.4) is 0 Å². The van der Waals surface area contributed by atoms with Crippen LogP contribution in [0, 0.1) is 6.92 Å². The van der Waals surface area contributed by atoms with Crippen LogP contribution >= 0.6 is 0 Å². The van der Waals surface area contributed by atoms with Crippen LogP contribution in [-0.2, 0) is 9.59 Å². The van der Waals surface area contributed by atoms with Crippen molar-refractivity contribution in [2.24, 2.45) is 0 Å². The minimum absolute atomic E-state index is 0.0584. The third-order valence-corrected chi connectivity index (χ3v) is 5.22. The number of anilines is 2. The van der Waals surface area contributed by atoms with Gasteiger partial charge in [0.15, 0.2) is 0 Å². The quantitative estimate of drug-likeness (QED) is 0.510. The Morgan fingerprint density at radius 3 is 2.21 bits per heavy atom. The van der Waals surface area contributed by atoms with Gasteiger partial charge in [-0.25, -0.2) is 4.90 Å². The zero-order valence-electron chi connectivity index (χ0n) is 19.1. The van der Waals surface area contributed by atoms with Gasteiger partial charge >= 0.3 is 0 Å². The standard InChI is InChI=1S/C27H26N2O4/c1-17(2)33-21-13-11-20(12-14-21)28-25-24(19-8-6-5-7-9-19)26(30)29(27(25)31)22-16-18(3)10-15-23(22)32-4/h5-17,28H,1-4H3. The molecule has 0 fully saturated rings. The molecular weight excluding hydrogens is 416 g/mol. The Kier molecular flexibility index (Phi) is 6.18. The van der Waals surface area contributed by atoms with E-state index in [0.717, 1.165) is 11.3 Å². The number of methoxy groups -OCH3 is 1. The molecule has 4 rings (SSSR count). The molecule has 33 heavy (non-hydrogen) atoms. The Morgan fingerprint density at radius 2 is 1.58 bits per heavy atom. The highest BCUT2D eigenvalue weighted by Crippen LogP contribution is 2.38. The summed E-state index contributed by atoms with van der Waals surface area (Å²) in [5.74, 6) is 0.335. The fourth-order valence-electron chi connectivity index (χ4n) is 3.75. The molecule has 1 N–H and O–H groups in total. The van der Waals surface area contributed by atoms with Gasteiger partial charge in [-0.05, 0) is 68.3 Å². The lowest BCUT2D eigenvalue weighted by Crippen LogP contribution is -2.32. The number of hydrogen-bond donors (Lipinski definition) is 1. The maximum absolute atomic E-state index is 13.6. The van der Waals surface area contributed by atoms with Gasteiger partial charge in [-0.3, -0.25) is 9.59 Å². The van der Waals surface area contributed by atoms with Crippen LogP contribution in [0.5, 0.6) is 11.5 Å². The molecule has 0 radical (unpaired) electrons. The van der Waals surface area contributed by atoms with Crippen molar-refractivity contribution in [3.63, 3.8) is 0 Å². The van der Waals surface area contributed by atoms with Crippen molar-refractivity contribution in [3.8, 4) is 11.5 Å². The minimum atomic E-state index is -0.440. The van der Waals surface area contributed by atoms with Crippen LogP contribution < -0.4 is 19.7 Å². The van der Waals surface area contributed by atoms with Gasteiger partial charge in [0, 0.05) is 5.69 Å². The van der Waals surface area contributed by atoms with Crippen molar-refractivity contribution in [1.29, 1.82) is 0 Å². The maximum atomic E-state index is 13.6. The predicted octanol–water partition coefficient (Wildman–Crippen LogP) is 5.19. The lowest BCUT2D eigenvalue weighted by Gasteiger charge is -2.19. The van der Waals surface area contributed by atoms with E-state index >= 15 is 0 Å². The number of hydrogen-bond acceptors (Lipinski definition) is 5.